The predicted octanol–water partition coefficient (Wildman–Crippen LogP) is 2.55. The van der Waals surface area contributed by atoms with E-state index in [0.29, 0.717) is 6.04 Å². The Morgan fingerprint density at radius 3 is 2.32 bits per heavy atom. The normalized spacial score (nSPS) is 11.1. The maximum absolute atomic E-state index is 11.6. The average Bonchev–Trinajstić information content (AvgIpc) is 2.35. The third-order valence-electron chi connectivity index (χ3n) is 2.50. The molecule has 0 saturated carbocycles. The van der Waals surface area contributed by atoms with E-state index in [1.54, 1.807) is 0 Å². The number of hydrogen-bond donors (Lipinski definition) is 2. The van der Waals surface area contributed by atoms with E-state index in [0.717, 1.165) is 12.2 Å². The summed E-state index contributed by atoms with van der Waals surface area (Å²) in [6.45, 7) is 8.97. The number of amides is 1. The number of nitrogens with one attached hydrogen (secondary N) is 2. The van der Waals surface area contributed by atoms with Crippen molar-refractivity contribution < 1.29 is 9.53 Å². The molecule has 0 aliphatic heterocycles. The second-order valence-electron chi connectivity index (χ2n) is 5.14. The molecule has 4 heteroatoms. The second-order valence-corrected chi connectivity index (χ2v) is 5.14. The van der Waals surface area contributed by atoms with Gasteiger partial charge in [0.05, 0.1) is 6.10 Å². The van der Waals surface area contributed by atoms with Crippen molar-refractivity contribution in [2.24, 2.45) is 0 Å². The number of carbonyl (C=O) groups excluding carboxylic acids is 1. The van der Waals surface area contributed by atoms with E-state index in [-0.39, 0.29) is 18.6 Å². The third-order valence-corrected chi connectivity index (χ3v) is 2.50. The molecule has 0 unspecified atom stereocenters. The summed E-state index contributed by atoms with van der Waals surface area (Å²) in [5.74, 6) is -0.123. The summed E-state index contributed by atoms with van der Waals surface area (Å²) in [4.78, 5) is 11.6. The Kier molecular flexibility index (Phi) is 6.53. The molecular formula is C15H24N2O2. The Labute approximate surface area is 115 Å². The molecule has 0 fully saturated rings. The number of rotatable bonds is 7. The zero-order valence-corrected chi connectivity index (χ0v) is 12.2. The van der Waals surface area contributed by atoms with Gasteiger partial charge in [-0.25, -0.2) is 0 Å². The standard InChI is InChI=1S/C15H24N2O2/c1-11(2)16-9-13-5-7-14(8-6-13)17-15(18)10-19-12(3)4/h5-8,11-12,16H,9-10H2,1-4H3,(H,17,18). The summed E-state index contributed by atoms with van der Waals surface area (Å²) in [7, 11) is 0. The van der Waals surface area contributed by atoms with Crippen LogP contribution in [0.3, 0.4) is 0 Å². The minimum Gasteiger partial charge on any atom is -0.369 e. The maximum Gasteiger partial charge on any atom is 0.250 e. The van der Waals surface area contributed by atoms with Crippen molar-refractivity contribution in [1.82, 2.24) is 5.32 Å². The third kappa shape index (κ3) is 6.94. The molecule has 106 valence electrons. The Morgan fingerprint density at radius 2 is 1.79 bits per heavy atom. The Morgan fingerprint density at radius 1 is 1.16 bits per heavy atom. The van der Waals surface area contributed by atoms with Crippen molar-refractivity contribution in [3.8, 4) is 0 Å². The fraction of sp³-hybridized carbons (Fsp3) is 0.533. The van der Waals surface area contributed by atoms with Gasteiger partial charge >= 0.3 is 0 Å². The fourth-order valence-corrected chi connectivity index (χ4v) is 1.47. The van der Waals surface area contributed by atoms with Gasteiger partial charge in [-0.05, 0) is 31.5 Å². The maximum atomic E-state index is 11.6. The van der Waals surface area contributed by atoms with Gasteiger partial charge in [-0.3, -0.25) is 4.79 Å². The van der Waals surface area contributed by atoms with Crippen LogP contribution in [0.15, 0.2) is 24.3 Å². The quantitative estimate of drug-likeness (QED) is 0.795. The number of benzene rings is 1. The minimum absolute atomic E-state index is 0.0650. The van der Waals surface area contributed by atoms with Crippen molar-refractivity contribution in [3.05, 3.63) is 29.8 Å². The van der Waals surface area contributed by atoms with Crippen molar-refractivity contribution in [2.75, 3.05) is 11.9 Å². The molecule has 0 bridgehead atoms. The molecule has 0 aliphatic carbocycles. The zero-order chi connectivity index (χ0) is 14.3. The molecule has 0 atom stereocenters. The lowest BCUT2D eigenvalue weighted by molar-refractivity contribution is -0.121. The summed E-state index contributed by atoms with van der Waals surface area (Å²) in [5, 5.41) is 6.15. The molecule has 0 radical (unpaired) electrons. The Hall–Kier alpha value is -1.39. The van der Waals surface area contributed by atoms with Crippen LogP contribution in [-0.2, 0) is 16.1 Å². The van der Waals surface area contributed by atoms with E-state index in [1.807, 2.05) is 38.1 Å². The van der Waals surface area contributed by atoms with Gasteiger partial charge < -0.3 is 15.4 Å². The molecule has 1 rings (SSSR count). The van der Waals surface area contributed by atoms with Crippen LogP contribution in [0.5, 0.6) is 0 Å². The highest BCUT2D eigenvalue weighted by Crippen LogP contribution is 2.09. The van der Waals surface area contributed by atoms with Gasteiger partial charge in [0.1, 0.15) is 6.61 Å². The fourth-order valence-electron chi connectivity index (χ4n) is 1.47. The van der Waals surface area contributed by atoms with Crippen LogP contribution < -0.4 is 10.6 Å². The van der Waals surface area contributed by atoms with Gasteiger partial charge in [0.25, 0.3) is 0 Å². The largest absolute Gasteiger partial charge is 0.369 e. The highest BCUT2D eigenvalue weighted by atomic mass is 16.5. The molecular weight excluding hydrogens is 240 g/mol. The smallest absolute Gasteiger partial charge is 0.250 e. The lowest BCUT2D eigenvalue weighted by Gasteiger charge is -2.10. The Balaban J connectivity index is 2.41. The topological polar surface area (TPSA) is 50.4 Å². The molecule has 2 N–H and O–H groups in total. The molecule has 1 amide bonds. The van der Waals surface area contributed by atoms with E-state index >= 15 is 0 Å². The first-order valence-corrected chi connectivity index (χ1v) is 6.71. The molecule has 4 nitrogen and oxygen atoms in total. The van der Waals surface area contributed by atoms with Crippen LogP contribution in [0, 0.1) is 0 Å². The van der Waals surface area contributed by atoms with E-state index in [1.165, 1.54) is 5.56 Å². The van der Waals surface area contributed by atoms with Gasteiger partial charge in [-0.15, -0.1) is 0 Å². The first-order chi connectivity index (χ1) is 8.97. The SMILES string of the molecule is CC(C)NCc1ccc(NC(=O)COC(C)C)cc1. The van der Waals surface area contributed by atoms with Crippen molar-refractivity contribution in [3.63, 3.8) is 0 Å². The first-order valence-electron chi connectivity index (χ1n) is 6.71. The second kappa shape index (κ2) is 7.92. The number of ether oxygens (including phenoxy) is 1. The van der Waals surface area contributed by atoms with Gasteiger partial charge in [0.2, 0.25) is 5.91 Å². The van der Waals surface area contributed by atoms with Crippen molar-refractivity contribution in [2.45, 2.75) is 46.4 Å². The van der Waals surface area contributed by atoms with E-state index in [2.05, 4.69) is 24.5 Å². The van der Waals surface area contributed by atoms with Crippen LogP contribution in [0.2, 0.25) is 0 Å². The number of hydrogen-bond acceptors (Lipinski definition) is 3. The van der Waals surface area contributed by atoms with Crippen LogP contribution in [0.25, 0.3) is 0 Å². The van der Waals surface area contributed by atoms with Crippen LogP contribution in [-0.4, -0.2) is 24.7 Å². The monoisotopic (exact) mass is 264 g/mol. The molecule has 0 heterocycles. The van der Waals surface area contributed by atoms with Gasteiger partial charge in [0, 0.05) is 18.3 Å². The van der Waals surface area contributed by atoms with Gasteiger partial charge in [-0.2, -0.15) is 0 Å². The van der Waals surface area contributed by atoms with Crippen molar-refractivity contribution >= 4 is 11.6 Å². The van der Waals surface area contributed by atoms with E-state index < -0.39 is 0 Å². The number of carbonyl (C=O) groups is 1. The lowest BCUT2D eigenvalue weighted by Crippen LogP contribution is -2.22. The average molecular weight is 264 g/mol. The van der Waals surface area contributed by atoms with Gasteiger partial charge in [0.15, 0.2) is 0 Å². The highest BCUT2D eigenvalue weighted by molar-refractivity contribution is 5.91. The van der Waals surface area contributed by atoms with E-state index in [9.17, 15) is 4.79 Å². The molecule has 0 aliphatic rings. The van der Waals surface area contributed by atoms with Crippen LogP contribution >= 0.6 is 0 Å². The number of anilines is 1. The molecule has 0 spiro atoms. The summed E-state index contributed by atoms with van der Waals surface area (Å²) in [6.07, 6.45) is 0.0650. The predicted molar refractivity (Wildman–Crippen MR) is 78.1 cm³/mol. The summed E-state index contributed by atoms with van der Waals surface area (Å²) < 4.78 is 5.24. The van der Waals surface area contributed by atoms with Gasteiger partial charge in [-0.1, -0.05) is 26.0 Å². The van der Waals surface area contributed by atoms with Crippen molar-refractivity contribution in [1.29, 1.82) is 0 Å². The molecule has 19 heavy (non-hydrogen) atoms. The minimum atomic E-state index is -0.123. The molecule has 1 aromatic carbocycles. The molecule has 0 aromatic heterocycles. The van der Waals surface area contributed by atoms with Crippen LogP contribution in [0.4, 0.5) is 5.69 Å². The highest BCUT2D eigenvalue weighted by Gasteiger charge is 2.04. The molecule has 0 saturated heterocycles. The first kappa shape index (κ1) is 15.7. The zero-order valence-electron chi connectivity index (χ0n) is 12.2. The Bertz CT molecular complexity index is 386. The molecule has 1 aromatic rings. The summed E-state index contributed by atoms with van der Waals surface area (Å²) in [5.41, 5.74) is 2.00. The lowest BCUT2D eigenvalue weighted by atomic mass is 10.2. The summed E-state index contributed by atoms with van der Waals surface area (Å²) >= 11 is 0. The van der Waals surface area contributed by atoms with Crippen LogP contribution in [0.1, 0.15) is 33.3 Å². The summed E-state index contributed by atoms with van der Waals surface area (Å²) in [6, 6.07) is 8.30. The van der Waals surface area contributed by atoms with E-state index in [4.69, 9.17) is 4.74 Å².